The third kappa shape index (κ3) is 3.79. The average molecular weight is 360 g/mol. The molecule has 0 unspecified atom stereocenters. The first-order valence-electron chi connectivity index (χ1n) is 5.13. The zero-order valence-electron chi connectivity index (χ0n) is 9.43. The molecule has 2 aromatic rings. The van der Waals surface area contributed by atoms with Crippen LogP contribution >= 0.6 is 38.9 Å². The Balaban J connectivity index is 2.04. The van der Waals surface area contributed by atoms with Crippen molar-refractivity contribution in [3.8, 4) is 5.75 Å². The summed E-state index contributed by atoms with van der Waals surface area (Å²) in [6, 6.07) is 8.19. The van der Waals surface area contributed by atoms with E-state index in [-0.39, 0.29) is 11.7 Å². The second-order valence-corrected chi connectivity index (χ2v) is 6.14. The van der Waals surface area contributed by atoms with Crippen LogP contribution in [0.15, 0.2) is 39.9 Å². The maximum absolute atomic E-state index is 11.7. The van der Waals surface area contributed by atoms with Gasteiger partial charge in [0, 0.05) is 10.0 Å². The van der Waals surface area contributed by atoms with Crippen LogP contribution in [0.25, 0.3) is 0 Å². The fourth-order valence-electron chi connectivity index (χ4n) is 1.28. The lowest BCUT2D eigenvalue weighted by Crippen LogP contribution is -2.16. The summed E-state index contributed by atoms with van der Waals surface area (Å²) >= 11 is 10.2. The van der Waals surface area contributed by atoms with E-state index in [0.717, 1.165) is 4.47 Å². The van der Waals surface area contributed by atoms with Gasteiger partial charge in [0.05, 0.1) is 15.4 Å². The van der Waals surface area contributed by atoms with Crippen molar-refractivity contribution in [2.24, 2.45) is 5.10 Å². The summed E-state index contributed by atoms with van der Waals surface area (Å²) < 4.78 is 1.35. The summed E-state index contributed by atoms with van der Waals surface area (Å²) in [7, 11) is 0. The zero-order chi connectivity index (χ0) is 13.8. The van der Waals surface area contributed by atoms with Crippen LogP contribution in [0.2, 0.25) is 4.34 Å². The first-order chi connectivity index (χ1) is 9.06. The van der Waals surface area contributed by atoms with Crippen molar-refractivity contribution >= 4 is 51.0 Å². The number of carbonyl (C=O) groups excluding carboxylic acids is 1. The van der Waals surface area contributed by atoms with Crippen LogP contribution < -0.4 is 5.43 Å². The van der Waals surface area contributed by atoms with Crippen LogP contribution in [0.3, 0.4) is 0 Å². The number of rotatable bonds is 3. The van der Waals surface area contributed by atoms with E-state index in [1.165, 1.54) is 23.6 Å². The van der Waals surface area contributed by atoms with E-state index in [0.29, 0.717) is 14.8 Å². The van der Waals surface area contributed by atoms with Gasteiger partial charge in [0.25, 0.3) is 5.91 Å². The van der Waals surface area contributed by atoms with Crippen molar-refractivity contribution in [3.63, 3.8) is 0 Å². The lowest BCUT2D eigenvalue weighted by Gasteiger charge is -1.99. The minimum absolute atomic E-state index is 0.0837. The van der Waals surface area contributed by atoms with Gasteiger partial charge in [-0.3, -0.25) is 4.79 Å². The summed E-state index contributed by atoms with van der Waals surface area (Å²) in [4.78, 5) is 12.1. The van der Waals surface area contributed by atoms with Crippen molar-refractivity contribution in [1.29, 1.82) is 0 Å². The number of aromatic hydroxyl groups is 1. The maximum Gasteiger partial charge on any atom is 0.281 e. The smallest absolute Gasteiger partial charge is 0.281 e. The molecule has 98 valence electrons. The SMILES string of the molecule is O=C(N/N=C/c1cc(Br)ccc1O)c1ccc(Cl)s1. The molecular weight excluding hydrogens is 352 g/mol. The van der Waals surface area contributed by atoms with Gasteiger partial charge in [-0.05, 0) is 30.3 Å². The third-order valence-corrected chi connectivity index (χ3v) is 3.88. The van der Waals surface area contributed by atoms with Crippen LogP contribution in [-0.4, -0.2) is 17.2 Å². The van der Waals surface area contributed by atoms with E-state index < -0.39 is 0 Å². The molecule has 4 nitrogen and oxygen atoms in total. The molecule has 0 aliphatic carbocycles. The number of phenolic OH excluding ortho intramolecular Hbond substituents is 1. The van der Waals surface area contributed by atoms with Gasteiger partial charge in [0.15, 0.2) is 0 Å². The number of hydrogen-bond acceptors (Lipinski definition) is 4. The van der Waals surface area contributed by atoms with Crippen molar-refractivity contribution in [3.05, 3.63) is 49.6 Å². The predicted octanol–water partition coefficient (Wildman–Crippen LogP) is 3.63. The Labute approximate surface area is 126 Å². The number of phenols is 1. The summed E-state index contributed by atoms with van der Waals surface area (Å²) in [6.45, 7) is 0. The predicted molar refractivity (Wildman–Crippen MR) is 80.2 cm³/mol. The van der Waals surface area contributed by atoms with Crippen LogP contribution in [0.4, 0.5) is 0 Å². The largest absolute Gasteiger partial charge is 0.507 e. The monoisotopic (exact) mass is 358 g/mol. The van der Waals surface area contributed by atoms with Crippen LogP contribution in [0.5, 0.6) is 5.75 Å². The molecule has 1 amide bonds. The second-order valence-electron chi connectivity index (χ2n) is 3.51. The molecule has 7 heteroatoms. The van der Waals surface area contributed by atoms with Crippen molar-refractivity contribution in [2.45, 2.75) is 0 Å². The average Bonchev–Trinajstić information content (AvgIpc) is 2.80. The molecule has 0 aliphatic rings. The minimum atomic E-state index is -0.345. The highest BCUT2D eigenvalue weighted by molar-refractivity contribution is 9.10. The van der Waals surface area contributed by atoms with Gasteiger partial charge in [0.2, 0.25) is 0 Å². The van der Waals surface area contributed by atoms with Crippen molar-refractivity contribution in [2.75, 3.05) is 0 Å². The van der Waals surface area contributed by atoms with Crippen LogP contribution in [-0.2, 0) is 0 Å². The second kappa shape index (κ2) is 6.18. The number of halogens is 2. The molecule has 0 spiro atoms. The Hall–Kier alpha value is -1.37. The zero-order valence-corrected chi connectivity index (χ0v) is 12.6. The fraction of sp³-hybridized carbons (Fsp3) is 0. The molecule has 1 aromatic heterocycles. The molecule has 1 aromatic carbocycles. The highest BCUT2D eigenvalue weighted by atomic mass is 79.9. The molecule has 0 atom stereocenters. The summed E-state index contributed by atoms with van der Waals surface area (Å²) in [5.74, 6) is -0.261. The number of nitrogens with one attached hydrogen (secondary N) is 1. The first kappa shape index (κ1) is 14.0. The molecule has 0 saturated heterocycles. The van der Waals surface area contributed by atoms with E-state index in [2.05, 4.69) is 26.5 Å². The Morgan fingerprint density at radius 3 is 2.89 bits per heavy atom. The number of hydrogen-bond donors (Lipinski definition) is 2. The fourth-order valence-corrected chi connectivity index (χ4v) is 2.59. The van der Waals surface area contributed by atoms with Crippen LogP contribution in [0, 0.1) is 0 Å². The van der Waals surface area contributed by atoms with Crippen molar-refractivity contribution in [1.82, 2.24) is 5.43 Å². The van der Waals surface area contributed by atoms with E-state index >= 15 is 0 Å². The summed E-state index contributed by atoms with van der Waals surface area (Å²) in [5.41, 5.74) is 2.86. The topological polar surface area (TPSA) is 61.7 Å². The number of nitrogens with zero attached hydrogens (tertiary/aromatic N) is 1. The molecule has 19 heavy (non-hydrogen) atoms. The van der Waals surface area contributed by atoms with E-state index in [1.807, 2.05) is 0 Å². The standard InChI is InChI=1S/C12H8BrClN2O2S/c13-8-1-2-9(17)7(5-8)6-15-16-12(18)10-3-4-11(14)19-10/h1-6,17H,(H,16,18)/b15-6+. The number of thiophene rings is 1. The number of amides is 1. The quantitative estimate of drug-likeness (QED) is 0.649. The van der Waals surface area contributed by atoms with E-state index in [9.17, 15) is 9.90 Å². The first-order valence-corrected chi connectivity index (χ1v) is 7.12. The molecule has 0 saturated carbocycles. The van der Waals surface area contributed by atoms with Gasteiger partial charge in [-0.1, -0.05) is 27.5 Å². The molecule has 2 rings (SSSR count). The number of benzene rings is 1. The Morgan fingerprint density at radius 1 is 1.42 bits per heavy atom. The highest BCUT2D eigenvalue weighted by Crippen LogP contribution is 2.21. The maximum atomic E-state index is 11.7. The van der Waals surface area contributed by atoms with Gasteiger partial charge >= 0.3 is 0 Å². The van der Waals surface area contributed by atoms with Gasteiger partial charge < -0.3 is 5.11 Å². The lowest BCUT2D eigenvalue weighted by atomic mass is 10.2. The van der Waals surface area contributed by atoms with Crippen LogP contribution in [0.1, 0.15) is 15.2 Å². The molecular formula is C12H8BrClN2O2S. The lowest BCUT2D eigenvalue weighted by molar-refractivity contribution is 0.0959. The van der Waals surface area contributed by atoms with Gasteiger partial charge in [-0.2, -0.15) is 5.10 Å². The number of hydrazone groups is 1. The summed E-state index contributed by atoms with van der Waals surface area (Å²) in [5, 5.41) is 13.4. The molecule has 0 fully saturated rings. The molecule has 0 radical (unpaired) electrons. The molecule has 0 aliphatic heterocycles. The Kier molecular flexibility index (Phi) is 4.57. The van der Waals surface area contributed by atoms with Gasteiger partial charge in [-0.15, -0.1) is 11.3 Å². The van der Waals surface area contributed by atoms with Gasteiger partial charge in [0.1, 0.15) is 5.75 Å². The third-order valence-electron chi connectivity index (χ3n) is 2.16. The molecule has 0 bridgehead atoms. The van der Waals surface area contributed by atoms with Crippen molar-refractivity contribution < 1.29 is 9.90 Å². The Bertz CT molecular complexity index is 642. The number of carbonyl (C=O) groups is 1. The normalized spacial score (nSPS) is 10.8. The minimum Gasteiger partial charge on any atom is -0.507 e. The van der Waals surface area contributed by atoms with Gasteiger partial charge in [-0.25, -0.2) is 5.43 Å². The molecule has 1 heterocycles. The molecule has 2 N–H and O–H groups in total. The Morgan fingerprint density at radius 2 is 2.21 bits per heavy atom. The highest BCUT2D eigenvalue weighted by Gasteiger charge is 2.07. The summed E-state index contributed by atoms with van der Waals surface area (Å²) in [6.07, 6.45) is 1.37. The van der Waals surface area contributed by atoms with E-state index in [4.69, 9.17) is 11.6 Å². The van der Waals surface area contributed by atoms with E-state index in [1.54, 1.807) is 24.3 Å².